The molecule has 2 unspecified atom stereocenters. The van der Waals surface area contributed by atoms with Crippen molar-refractivity contribution < 1.29 is 29.0 Å². The number of carbonyl (C=O) groups excluding carboxylic acids is 3. The minimum atomic E-state index is -1.24. The Kier molecular flexibility index (Phi) is 9.75. The highest BCUT2D eigenvalue weighted by Gasteiger charge is 2.44. The van der Waals surface area contributed by atoms with E-state index in [1.165, 1.54) is 9.80 Å². The van der Waals surface area contributed by atoms with Gasteiger partial charge in [-0.05, 0) is 66.1 Å². The van der Waals surface area contributed by atoms with Crippen LogP contribution in [-0.4, -0.2) is 71.1 Å². The van der Waals surface area contributed by atoms with E-state index in [0.717, 1.165) is 37.7 Å². The quantitative estimate of drug-likeness (QED) is 0.411. The molecule has 1 aliphatic carbocycles. The average Bonchev–Trinajstić information content (AvgIpc) is 3.42. The predicted octanol–water partition coefficient (Wildman–Crippen LogP) is 4.85. The monoisotopic (exact) mass is 578 g/mol. The molecule has 0 aromatic heterocycles. The molecule has 2 atom stereocenters. The van der Waals surface area contributed by atoms with Gasteiger partial charge in [0.2, 0.25) is 0 Å². The molecule has 1 saturated heterocycles. The summed E-state index contributed by atoms with van der Waals surface area (Å²) in [6, 6.07) is 13.0. The van der Waals surface area contributed by atoms with Crippen molar-refractivity contribution in [2.75, 3.05) is 25.5 Å². The van der Waals surface area contributed by atoms with Crippen LogP contribution in [-0.2, 0) is 15.0 Å². The fourth-order valence-corrected chi connectivity index (χ4v) is 5.80. The van der Waals surface area contributed by atoms with E-state index in [9.17, 15) is 24.3 Å². The molecule has 1 aliphatic heterocycles. The number of urea groups is 1. The number of carboxylic acids is 1. The molecule has 10 nitrogen and oxygen atoms in total. The number of carboxylic acid groups (broad SMARTS) is 1. The second-order valence-electron chi connectivity index (χ2n) is 12.2. The molecular formula is C32H42N4O6. The Morgan fingerprint density at radius 1 is 0.929 bits per heavy atom. The maximum Gasteiger partial charge on any atom is 0.323 e. The van der Waals surface area contributed by atoms with Gasteiger partial charge in [0.25, 0.3) is 11.8 Å². The third-order valence-corrected chi connectivity index (χ3v) is 8.21. The molecule has 2 aromatic carbocycles. The van der Waals surface area contributed by atoms with Crippen LogP contribution in [0.4, 0.5) is 10.5 Å². The first kappa shape index (κ1) is 30.9. The Balaban J connectivity index is 1.60. The average molecular weight is 579 g/mol. The number of rotatable bonds is 8. The smallest absolute Gasteiger partial charge is 0.323 e. The zero-order valence-electron chi connectivity index (χ0n) is 24.9. The number of nitrogens with one attached hydrogen (secondary N) is 2. The molecule has 0 spiro atoms. The van der Waals surface area contributed by atoms with Crippen molar-refractivity contribution >= 4 is 29.5 Å². The van der Waals surface area contributed by atoms with Crippen LogP contribution in [0.1, 0.15) is 75.2 Å². The molecule has 0 bridgehead atoms. The molecule has 4 rings (SSSR count). The molecule has 4 amide bonds. The first-order valence-electron chi connectivity index (χ1n) is 14.6. The van der Waals surface area contributed by atoms with Gasteiger partial charge < -0.3 is 25.4 Å². The van der Waals surface area contributed by atoms with Gasteiger partial charge in [-0.1, -0.05) is 52.2 Å². The van der Waals surface area contributed by atoms with Crippen molar-refractivity contribution in [2.45, 2.75) is 76.9 Å². The van der Waals surface area contributed by atoms with Crippen LogP contribution >= 0.6 is 0 Å². The van der Waals surface area contributed by atoms with Crippen molar-refractivity contribution in [2.24, 2.45) is 5.92 Å². The van der Waals surface area contributed by atoms with Crippen LogP contribution < -0.4 is 15.4 Å². The van der Waals surface area contributed by atoms with Gasteiger partial charge in [-0.25, -0.2) is 4.79 Å². The van der Waals surface area contributed by atoms with E-state index in [4.69, 9.17) is 4.74 Å². The minimum absolute atomic E-state index is 0.0240. The number of nitrogens with zero attached hydrogens (tertiary/aromatic N) is 2. The largest absolute Gasteiger partial charge is 0.497 e. The van der Waals surface area contributed by atoms with Crippen molar-refractivity contribution in [1.29, 1.82) is 0 Å². The molecule has 1 heterocycles. The molecule has 0 radical (unpaired) electrons. The highest BCUT2D eigenvalue weighted by Crippen LogP contribution is 2.29. The van der Waals surface area contributed by atoms with Gasteiger partial charge >= 0.3 is 12.0 Å². The van der Waals surface area contributed by atoms with Crippen LogP contribution in [0.15, 0.2) is 48.5 Å². The summed E-state index contributed by atoms with van der Waals surface area (Å²) in [6.07, 6.45) is 3.24. The number of anilines is 1. The lowest BCUT2D eigenvalue weighted by molar-refractivity contribution is -0.138. The van der Waals surface area contributed by atoms with E-state index >= 15 is 0 Å². The van der Waals surface area contributed by atoms with Gasteiger partial charge in [-0.2, -0.15) is 0 Å². The Hall–Kier alpha value is -4.08. The fourth-order valence-electron chi connectivity index (χ4n) is 5.80. The molecule has 1 saturated carbocycles. The molecular weight excluding hydrogens is 536 g/mol. The number of ether oxygens (including phenoxy) is 1. The fraction of sp³-hybridized carbons (Fsp3) is 0.500. The summed E-state index contributed by atoms with van der Waals surface area (Å²) in [7, 11) is 1.55. The topological polar surface area (TPSA) is 128 Å². The number of methoxy groups -OCH3 is 1. The van der Waals surface area contributed by atoms with E-state index in [2.05, 4.69) is 31.4 Å². The van der Waals surface area contributed by atoms with Crippen molar-refractivity contribution in [3.8, 4) is 5.75 Å². The number of carbonyl (C=O) groups is 4. The van der Waals surface area contributed by atoms with Crippen molar-refractivity contribution in [3.63, 3.8) is 0 Å². The second-order valence-corrected chi connectivity index (χ2v) is 12.2. The lowest BCUT2D eigenvalue weighted by Crippen LogP contribution is -2.57. The Morgan fingerprint density at radius 3 is 2.12 bits per heavy atom. The Morgan fingerprint density at radius 2 is 1.55 bits per heavy atom. The molecule has 10 heteroatoms. The number of benzene rings is 2. The van der Waals surface area contributed by atoms with Gasteiger partial charge in [-0.3, -0.25) is 19.3 Å². The minimum Gasteiger partial charge on any atom is -0.497 e. The van der Waals surface area contributed by atoms with E-state index in [0.29, 0.717) is 17.0 Å². The van der Waals surface area contributed by atoms with Crippen LogP contribution in [0.3, 0.4) is 0 Å². The maximum atomic E-state index is 13.9. The summed E-state index contributed by atoms with van der Waals surface area (Å²) < 4.78 is 5.18. The molecule has 2 aromatic rings. The van der Waals surface area contributed by atoms with Gasteiger partial charge in [0.1, 0.15) is 5.75 Å². The van der Waals surface area contributed by atoms with Gasteiger partial charge in [0, 0.05) is 30.4 Å². The molecule has 2 aliphatic rings. The highest BCUT2D eigenvalue weighted by atomic mass is 16.5. The molecule has 42 heavy (non-hydrogen) atoms. The second kappa shape index (κ2) is 13.3. The third kappa shape index (κ3) is 7.40. The first-order valence-corrected chi connectivity index (χ1v) is 14.6. The number of aliphatic carboxylic acids is 1. The maximum absolute atomic E-state index is 13.9. The van der Waals surface area contributed by atoms with Crippen LogP contribution in [0.25, 0.3) is 0 Å². The van der Waals surface area contributed by atoms with Crippen molar-refractivity contribution in [3.05, 3.63) is 59.7 Å². The number of hydrogen-bond donors (Lipinski definition) is 3. The summed E-state index contributed by atoms with van der Waals surface area (Å²) in [6.45, 7) is 6.55. The SMILES string of the molecule is COc1ccc(NC(=O)N2CCN(C(=O)c3ccc(C(C)(C)C)cc3)C2C(=O)NC(CC(=O)O)C2CCCCC2)cc1. The van der Waals surface area contributed by atoms with Crippen LogP contribution in [0.5, 0.6) is 5.75 Å². The van der Waals surface area contributed by atoms with E-state index in [1.807, 2.05) is 12.1 Å². The summed E-state index contributed by atoms with van der Waals surface area (Å²) in [5.74, 6) is -1.28. The lowest BCUT2D eigenvalue weighted by atomic mass is 9.82. The molecule has 3 N–H and O–H groups in total. The number of amides is 4. The van der Waals surface area contributed by atoms with Gasteiger partial charge in [0.05, 0.1) is 13.5 Å². The van der Waals surface area contributed by atoms with Crippen molar-refractivity contribution in [1.82, 2.24) is 15.1 Å². The highest BCUT2D eigenvalue weighted by molar-refractivity contribution is 6.00. The molecule has 226 valence electrons. The first-order chi connectivity index (χ1) is 20.0. The zero-order chi connectivity index (χ0) is 30.4. The van der Waals surface area contributed by atoms with Gasteiger partial charge in [0.15, 0.2) is 6.17 Å². The van der Waals surface area contributed by atoms with E-state index in [1.54, 1.807) is 43.5 Å². The van der Waals surface area contributed by atoms with Crippen LogP contribution in [0, 0.1) is 5.92 Å². The summed E-state index contributed by atoms with van der Waals surface area (Å²) in [5.41, 5.74) is 1.90. The Labute approximate surface area is 247 Å². The predicted molar refractivity (Wildman–Crippen MR) is 159 cm³/mol. The zero-order valence-corrected chi connectivity index (χ0v) is 24.9. The normalized spacial score (nSPS) is 18.3. The van der Waals surface area contributed by atoms with Gasteiger partial charge in [-0.15, -0.1) is 0 Å². The lowest BCUT2D eigenvalue weighted by Gasteiger charge is -2.34. The number of hydrogen-bond acceptors (Lipinski definition) is 5. The summed E-state index contributed by atoms with van der Waals surface area (Å²) in [5, 5.41) is 15.4. The third-order valence-electron chi connectivity index (χ3n) is 8.21. The van der Waals surface area contributed by atoms with E-state index < -0.39 is 30.1 Å². The summed E-state index contributed by atoms with van der Waals surface area (Å²) in [4.78, 5) is 55.6. The summed E-state index contributed by atoms with van der Waals surface area (Å²) >= 11 is 0. The Bertz CT molecular complexity index is 1270. The standard InChI is InChI=1S/C32H42N4O6/c1-32(2,3)23-12-10-22(11-13-23)30(40)35-18-19-36(31(41)33-24-14-16-25(42-4)17-15-24)29(35)28(39)34-26(20-27(37)38)21-8-6-5-7-9-21/h10-17,21,26,29H,5-9,18-20H2,1-4H3,(H,33,41)(H,34,39)(H,37,38). The van der Waals surface area contributed by atoms with Crippen LogP contribution in [0.2, 0.25) is 0 Å². The molecule has 2 fully saturated rings. The van der Waals surface area contributed by atoms with E-state index in [-0.39, 0.29) is 36.8 Å².